The summed E-state index contributed by atoms with van der Waals surface area (Å²) in [6.45, 7) is 6.52. The fourth-order valence-corrected chi connectivity index (χ4v) is 3.00. The molecule has 1 fully saturated rings. The highest BCUT2D eigenvalue weighted by molar-refractivity contribution is 6.29. The number of carbonyl (C=O) groups excluding carboxylic acids is 2. The van der Waals surface area contributed by atoms with Gasteiger partial charge in [-0.25, -0.2) is 9.78 Å². The number of piperazine rings is 1. The molecule has 1 aromatic heterocycles. The van der Waals surface area contributed by atoms with Crippen LogP contribution in [-0.2, 0) is 9.53 Å². The first-order valence-electron chi connectivity index (χ1n) is 8.41. The maximum absolute atomic E-state index is 12.8. The summed E-state index contributed by atoms with van der Waals surface area (Å²) < 4.78 is 4.64. The van der Waals surface area contributed by atoms with E-state index in [2.05, 4.69) is 19.9 Å². The Morgan fingerprint density at radius 3 is 2.52 bits per heavy atom. The van der Waals surface area contributed by atoms with E-state index in [4.69, 9.17) is 11.6 Å². The molecule has 7 nitrogen and oxygen atoms in total. The highest BCUT2D eigenvalue weighted by Crippen LogP contribution is 2.17. The van der Waals surface area contributed by atoms with E-state index in [0.717, 1.165) is 5.82 Å². The largest absolute Gasteiger partial charge is 0.453 e. The van der Waals surface area contributed by atoms with Crippen molar-refractivity contribution in [3.63, 3.8) is 0 Å². The van der Waals surface area contributed by atoms with Crippen LogP contribution < -0.4 is 10.2 Å². The van der Waals surface area contributed by atoms with E-state index >= 15 is 0 Å². The van der Waals surface area contributed by atoms with Crippen LogP contribution in [0.25, 0.3) is 0 Å². The van der Waals surface area contributed by atoms with Crippen molar-refractivity contribution in [1.29, 1.82) is 0 Å². The minimum absolute atomic E-state index is 0.0715. The number of alkyl carbamates (subject to hydrolysis) is 1. The number of anilines is 1. The minimum atomic E-state index is -0.583. The minimum Gasteiger partial charge on any atom is -0.453 e. The number of pyridine rings is 1. The van der Waals surface area contributed by atoms with Crippen LogP contribution in [0.2, 0.25) is 5.15 Å². The molecule has 8 heteroatoms. The van der Waals surface area contributed by atoms with Crippen LogP contribution in [0.5, 0.6) is 0 Å². The molecule has 1 saturated heterocycles. The summed E-state index contributed by atoms with van der Waals surface area (Å²) in [6, 6.07) is 4.94. The lowest BCUT2D eigenvalue weighted by Gasteiger charge is -2.37. The number of amides is 2. The van der Waals surface area contributed by atoms with Crippen LogP contribution in [-0.4, -0.2) is 61.2 Å². The second-order valence-electron chi connectivity index (χ2n) is 6.45. The summed E-state index contributed by atoms with van der Waals surface area (Å²) in [5.41, 5.74) is 0. The number of hydrogen-bond acceptors (Lipinski definition) is 5. The van der Waals surface area contributed by atoms with Crippen LogP contribution in [0, 0.1) is 5.92 Å². The van der Waals surface area contributed by atoms with Crippen molar-refractivity contribution >= 4 is 29.4 Å². The number of methoxy groups -OCH3 is 1. The van der Waals surface area contributed by atoms with Gasteiger partial charge in [0, 0.05) is 26.2 Å². The predicted octanol–water partition coefficient (Wildman–Crippen LogP) is 2.15. The Balaban J connectivity index is 1.97. The van der Waals surface area contributed by atoms with Crippen molar-refractivity contribution in [1.82, 2.24) is 15.2 Å². The van der Waals surface area contributed by atoms with Gasteiger partial charge in [0.1, 0.15) is 17.0 Å². The number of nitrogens with one attached hydrogen (secondary N) is 1. The standard InChI is InChI=1S/C17H25ClN4O3/c1-12(2)11-13(19-17(24)25-3)16(23)22-9-7-21(8-10-22)15-6-4-5-14(18)20-15/h4-6,12-13H,7-11H2,1-3H3,(H,19,24). The molecule has 1 unspecified atom stereocenters. The van der Waals surface area contributed by atoms with Crippen molar-refractivity contribution in [2.24, 2.45) is 5.92 Å². The van der Waals surface area contributed by atoms with Gasteiger partial charge in [0.2, 0.25) is 5.91 Å². The van der Waals surface area contributed by atoms with Crippen molar-refractivity contribution < 1.29 is 14.3 Å². The maximum atomic E-state index is 12.8. The summed E-state index contributed by atoms with van der Waals surface area (Å²) in [5.74, 6) is 1.02. The smallest absolute Gasteiger partial charge is 0.407 e. The average molecular weight is 369 g/mol. The molecule has 138 valence electrons. The van der Waals surface area contributed by atoms with Gasteiger partial charge in [0.15, 0.2) is 0 Å². The van der Waals surface area contributed by atoms with Crippen LogP contribution >= 0.6 is 11.6 Å². The normalized spacial score (nSPS) is 15.9. The lowest BCUT2D eigenvalue weighted by atomic mass is 10.0. The first kappa shape index (κ1) is 19.3. The SMILES string of the molecule is COC(=O)NC(CC(C)C)C(=O)N1CCN(c2cccc(Cl)n2)CC1. The molecule has 1 N–H and O–H groups in total. The molecule has 1 aliphatic rings. The van der Waals surface area contributed by atoms with Crippen LogP contribution in [0.1, 0.15) is 20.3 Å². The molecule has 0 saturated carbocycles. The Hall–Kier alpha value is -2.02. The summed E-state index contributed by atoms with van der Waals surface area (Å²) in [6.07, 6.45) is -0.00922. The molecule has 0 radical (unpaired) electrons. The Morgan fingerprint density at radius 1 is 1.28 bits per heavy atom. The van der Waals surface area contributed by atoms with Gasteiger partial charge < -0.3 is 19.9 Å². The number of ether oxygens (including phenoxy) is 1. The zero-order chi connectivity index (χ0) is 18.4. The third-order valence-corrected chi connectivity index (χ3v) is 4.31. The molecule has 2 heterocycles. The van der Waals surface area contributed by atoms with Crippen molar-refractivity contribution in [2.75, 3.05) is 38.2 Å². The second-order valence-corrected chi connectivity index (χ2v) is 6.84. The molecule has 2 rings (SSSR count). The number of carbonyl (C=O) groups is 2. The number of aromatic nitrogens is 1. The molecule has 25 heavy (non-hydrogen) atoms. The highest BCUT2D eigenvalue weighted by atomic mass is 35.5. The van der Waals surface area contributed by atoms with Gasteiger partial charge in [-0.2, -0.15) is 0 Å². The number of hydrogen-bond donors (Lipinski definition) is 1. The van der Waals surface area contributed by atoms with Crippen molar-refractivity contribution in [3.8, 4) is 0 Å². The Labute approximate surface area is 153 Å². The van der Waals surface area contributed by atoms with E-state index in [0.29, 0.717) is 37.8 Å². The Bertz CT molecular complexity index is 603. The molecule has 0 bridgehead atoms. The Kier molecular flexibility index (Phi) is 6.87. The first-order valence-corrected chi connectivity index (χ1v) is 8.79. The maximum Gasteiger partial charge on any atom is 0.407 e. The summed E-state index contributed by atoms with van der Waals surface area (Å²) in [5, 5.41) is 3.10. The Morgan fingerprint density at radius 2 is 1.96 bits per heavy atom. The summed E-state index contributed by atoms with van der Waals surface area (Å²) in [4.78, 5) is 32.5. The summed E-state index contributed by atoms with van der Waals surface area (Å²) in [7, 11) is 1.29. The number of rotatable bonds is 5. The van der Waals surface area contributed by atoms with E-state index in [1.165, 1.54) is 7.11 Å². The van der Waals surface area contributed by atoms with E-state index in [1.54, 1.807) is 11.0 Å². The molecule has 2 amide bonds. The zero-order valence-electron chi connectivity index (χ0n) is 14.9. The van der Waals surface area contributed by atoms with Gasteiger partial charge in [-0.05, 0) is 24.5 Å². The van der Waals surface area contributed by atoms with Gasteiger partial charge in [-0.3, -0.25) is 4.79 Å². The molecule has 0 aliphatic carbocycles. The number of nitrogens with zero attached hydrogens (tertiary/aromatic N) is 3. The third-order valence-electron chi connectivity index (χ3n) is 4.10. The molecule has 0 spiro atoms. The lowest BCUT2D eigenvalue weighted by molar-refractivity contribution is -0.134. The van der Waals surface area contributed by atoms with Gasteiger partial charge >= 0.3 is 6.09 Å². The van der Waals surface area contributed by atoms with Crippen molar-refractivity contribution in [3.05, 3.63) is 23.4 Å². The second kappa shape index (κ2) is 8.89. The molecule has 1 aliphatic heterocycles. The van der Waals surface area contributed by atoms with E-state index in [1.807, 2.05) is 26.0 Å². The predicted molar refractivity (Wildman–Crippen MR) is 96.8 cm³/mol. The highest BCUT2D eigenvalue weighted by Gasteiger charge is 2.29. The summed E-state index contributed by atoms with van der Waals surface area (Å²) >= 11 is 5.94. The third kappa shape index (κ3) is 5.49. The van der Waals surface area contributed by atoms with Crippen LogP contribution in [0.3, 0.4) is 0 Å². The average Bonchev–Trinajstić information content (AvgIpc) is 2.60. The first-order chi connectivity index (χ1) is 11.9. The van der Waals surface area contributed by atoms with Crippen LogP contribution in [0.4, 0.5) is 10.6 Å². The van der Waals surface area contributed by atoms with Gasteiger partial charge in [-0.1, -0.05) is 31.5 Å². The number of halogens is 1. The van der Waals surface area contributed by atoms with E-state index < -0.39 is 12.1 Å². The monoisotopic (exact) mass is 368 g/mol. The zero-order valence-corrected chi connectivity index (χ0v) is 15.6. The van der Waals surface area contributed by atoms with Gasteiger partial charge in [0.25, 0.3) is 0 Å². The fourth-order valence-electron chi connectivity index (χ4n) is 2.84. The molecule has 1 aromatic rings. The van der Waals surface area contributed by atoms with E-state index in [9.17, 15) is 9.59 Å². The molecule has 0 aromatic carbocycles. The lowest BCUT2D eigenvalue weighted by Crippen LogP contribution is -2.55. The topological polar surface area (TPSA) is 74.8 Å². The fraction of sp³-hybridized carbons (Fsp3) is 0.588. The van der Waals surface area contributed by atoms with Gasteiger partial charge in [-0.15, -0.1) is 0 Å². The van der Waals surface area contributed by atoms with Gasteiger partial charge in [0.05, 0.1) is 7.11 Å². The molecular weight excluding hydrogens is 344 g/mol. The van der Waals surface area contributed by atoms with Crippen molar-refractivity contribution in [2.45, 2.75) is 26.3 Å². The quantitative estimate of drug-likeness (QED) is 0.806. The molecular formula is C17H25ClN4O3. The molecule has 1 atom stereocenters. The van der Waals surface area contributed by atoms with E-state index in [-0.39, 0.29) is 11.8 Å². The van der Waals surface area contributed by atoms with Crippen LogP contribution in [0.15, 0.2) is 18.2 Å².